The lowest BCUT2D eigenvalue weighted by Gasteiger charge is -2.39. The van der Waals surface area contributed by atoms with Gasteiger partial charge in [0.25, 0.3) is 5.91 Å². The molecule has 2 fully saturated rings. The summed E-state index contributed by atoms with van der Waals surface area (Å²) in [7, 11) is -3.98. The molecule has 3 heterocycles. The van der Waals surface area contributed by atoms with Crippen LogP contribution in [0.1, 0.15) is 12.8 Å². The topological polar surface area (TPSA) is 78.0 Å². The van der Waals surface area contributed by atoms with Crippen molar-refractivity contribution >= 4 is 39.3 Å². The Kier molecular flexibility index (Phi) is 4.83. The van der Waals surface area contributed by atoms with Crippen molar-refractivity contribution in [1.82, 2.24) is 9.21 Å². The van der Waals surface area contributed by atoms with Crippen LogP contribution in [-0.4, -0.2) is 60.5 Å². The monoisotopic (exact) mass is 461 g/mol. The second-order valence-electron chi connectivity index (χ2n) is 7.71. The number of anilines is 1. The fourth-order valence-corrected chi connectivity index (χ4v) is 7.43. The highest BCUT2D eigenvalue weighted by Gasteiger charge is 2.58. The van der Waals surface area contributed by atoms with E-state index in [1.165, 1.54) is 34.3 Å². The maximum absolute atomic E-state index is 14.1. The number of fused-ring (bicyclic) bond motifs is 3. The van der Waals surface area contributed by atoms with Gasteiger partial charge in [-0.15, -0.1) is 0 Å². The van der Waals surface area contributed by atoms with E-state index in [9.17, 15) is 22.4 Å². The van der Waals surface area contributed by atoms with E-state index in [-0.39, 0.29) is 42.9 Å². The van der Waals surface area contributed by atoms with E-state index in [4.69, 9.17) is 0 Å². The molecule has 0 aromatic heterocycles. The first kappa shape index (κ1) is 20.5. The van der Waals surface area contributed by atoms with Gasteiger partial charge in [0, 0.05) is 37.5 Å². The molecule has 0 saturated carbocycles. The molecular formula is C21H20FN3O4S2. The summed E-state index contributed by atoms with van der Waals surface area (Å²) in [6, 6.07) is 12.8. The first-order valence-electron chi connectivity index (χ1n) is 10.00. The number of halogens is 1. The van der Waals surface area contributed by atoms with Gasteiger partial charge in [-0.25, -0.2) is 12.8 Å². The molecule has 2 aromatic carbocycles. The van der Waals surface area contributed by atoms with E-state index in [1.54, 1.807) is 9.80 Å². The molecule has 0 N–H and O–H groups in total. The summed E-state index contributed by atoms with van der Waals surface area (Å²) >= 11 is 1.40. The Hall–Kier alpha value is -2.43. The Bertz CT molecular complexity index is 1180. The van der Waals surface area contributed by atoms with E-state index >= 15 is 0 Å². The molecule has 3 aliphatic rings. The zero-order valence-corrected chi connectivity index (χ0v) is 18.2. The minimum Gasteiger partial charge on any atom is -0.337 e. The second-order valence-corrected chi connectivity index (χ2v) is 10.9. The van der Waals surface area contributed by atoms with Crippen LogP contribution in [-0.2, 0) is 19.6 Å². The summed E-state index contributed by atoms with van der Waals surface area (Å²) in [5, 5.41) is 0. The lowest BCUT2D eigenvalue weighted by Crippen LogP contribution is -2.58. The van der Waals surface area contributed by atoms with Crippen LogP contribution in [0.5, 0.6) is 0 Å². The second kappa shape index (κ2) is 7.32. The molecular weight excluding hydrogens is 441 g/mol. The summed E-state index contributed by atoms with van der Waals surface area (Å²) in [5.74, 6) is -1.05. The quantitative estimate of drug-likeness (QED) is 0.701. The fourth-order valence-electron chi connectivity index (χ4n) is 4.45. The minimum atomic E-state index is -3.98. The van der Waals surface area contributed by atoms with Gasteiger partial charge in [-0.3, -0.25) is 14.5 Å². The Morgan fingerprint density at radius 1 is 1.00 bits per heavy atom. The molecule has 0 aliphatic carbocycles. The van der Waals surface area contributed by atoms with E-state index in [0.29, 0.717) is 12.8 Å². The van der Waals surface area contributed by atoms with Gasteiger partial charge in [-0.1, -0.05) is 36.0 Å². The van der Waals surface area contributed by atoms with E-state index in [2.05, 4.69) is 0 Å². The van der Waals surface area contributed by atoms with Crippen molar-refractivity contribution < 1.29 is 22.4 Å². The van der Waals surface area contributed by atoms with Crippen molar-refractivity contribution in [1.29, 1.82) is 0 Å². The van der Waals surface area contributed by atoms with Crippen molar-refractivity contribution in [3.05, 3.63) is 54.3 Å². The van der Waals surface area contributed by atoms with Gasteiger partial charge < -0.3 is 4.90 Å². The lowest BCUT2D eigenvalue weighted by molar-refractivity contribution is -0.135. The third kappa shape index (κ3) is 3.07. The Balaban J connectivity index is 1.35. The van der Waals surface area contributed by atoms with Crippen molar-refractivity contribution in [3.63, 3.8) is 0 Å². The van der Waals surface area contributed by atoms with Gasteiger partial charge in [0.05, 0.1) is 5.69 Å². The molecule has 2 saturated heterocycles. The number of benzene rings is 2. The average Bonchev–Trinajstić information content (AvgIpc) is 3.29. The highest BCUT2D eigenvalue weighted by molar-refractivity contribution is 8.02. The predicted molar refractivity (Wildman–Crippen MR) is 113 cm³/mol. The lowest BCUT2D eigenvalue weighted by atomic mass is 10.1. The first-order valence-corrected chi connectivity index (χ1v) is 12.3. The minimum absolute atomic E-state index is 0.0735. The SMILES string of the molecule is O=C1CC[C@]2(C(=O)N3CCN(S(=O)(=O)c4ccccc4F)CC3)Sc3ccccc3N12. The van der Waals surface area contributed by atoms with Crippen LogP contribution in [0.4, 0.5) is 10.1 Å². The largest absolute Gasteiger partial charge is 0.337 e. The number of nitrogens with zero attached hydrogens (tertiary/aromatic N) is 3. The van der Waals surface area contributed by atoms with Crippen LogP contribution in [0.25, 0.3) is 0 Å². The van der Waals surface area contributed by atoms with E-state index < -0.39 is 20.7 Å². The van der Waals surface area contributed by atoms with Crippen LogP contribution < -0.4 is 4.90 Å². The van der Waals surface area contributed by atoms with Gasteiger partial charge in [0.15, 0.2) is 4.87 Å². The number of carbonyl (C=O) groups is 2. The maximum Gasteiger partial charge on any atom is 0.259 e. The van der Waals surface area contributed by atoms with Crippen LogP contribution in [0, 0.1) is 5.82 Å². The molecule has 7 nitrogen and oxygen atoms in total. The van der Waals surface area contributed by atoms with Crippen LogP contribution in [0.15, 0.2) is 58.3 Å². The highest BCUT2D eigenvalue weighted by Crippen LogP contribution is 2.56. The molecule has 10 heteroatoms. The van der Waals surface area contributed by atoms with Crippen molar-refractivity contribution in [2.24, 2.45) is 0 Å². The van der Waals surface area contributed by atoms with Gasteiger partial charge >= 0.3 is 0 Å². The number of hydrogen-bond donors (Lipinski definition) is 0. The number of rotatable bonds is 3. The standard InChI is InChI=1S/C21H20FN3O4S2/c22-15-5-1-4-8-18(15)31(28,29)24-13-11-23(12-14-24)20(27)21-10-9-19(26)25(21)16-6-2-3-7-17(16)30-21/h1-8H,9-14H2/t21-/m1/s1. The number of sulfonamides is 1. The summed E-state index contributed by atoms with van der Waals surface area (Å²) in [6.07, 6.45) is 0.715. The third-order valence-electron chi connectivity index (χ3n) is 5.99. The fraction of sp³-hybridized carbons (Fsp3) is 0.333. The number of piperazine rings is 1. The summed E-state index contributed by atoms with van der Waals surface area (Å²) in [4.78, 5) is 28.9. The van der Waals surface area contributed by atoms with E-state index in [0.717, 1.165) is 16.6 Å². The molecule has 5 rings (SSSR count). The van der Waals surface area contributed by atoms with Gasteiger partial charge in [-0.2, -0.15) is 4.31 Å². The van der Waals surface area contributed by atoms with Gasteiger partial charge in [0.1, 0.15) is 10.7 Å². The smallest absolute Gasteiger partial charge is 0.259 e. The summed E-state index contributed by atoms with van der Waals surface area (Å²) in [5.41, 5.74) is 0.754. The molecule has 3 aliphatic heterocycles. The van der Waals surface area contributed by atoms with Crippen molar-refractivity contribution in [3.8, 4) is 0 Å². The van der Waals surface area contributed by atoms with Crippen LogP contribution in [0.3, 0.4) is 0 Å². The molecule has 2 amide bonds. The van der Waals surface area contributed by atoms with Crippen LogP contribution in [0.2, 0.25) is 0 Å². The first-order chi connectivity index (χ1) is 14.8. The number of carbonyl (C=O) groups excluding carboxylic acids is 2. The van der Waals surface area contributed by atoms with E-state index in [1.807, 2.05) is 24.3 Å². The Morgan fingerprint density at radius 3 is 2.42 bits per heavy atom. The molecule has 0 unspecified atom stereocenters. The zero-order chi connectivity index (χ0) is 21.8. The van der Waals surface area contributed by atoms with Crippen molar-refractivity contribution in [2.75, 3.05) is 31.1 Å². The normalized spacial score (nSPS) is 23.7. The molecule has 0 bridgehead atoms. The third-order valence-corrected chi connectivity index (χ3v) is 9.38. The summed E-state index contributed by atoms with van der Waals surface area (Å²) in [6.45, 7) is 0.522. The highest BCUT2D eigenvalue weighted by atomic mass is 32.2. The molecule has 0 radical (unpaired) electrons. The van der Waals surface area contributed by atoms with Gasteiger partial charge in [0.2, 0.25) is 15.9 Å². The average molecular weight is 462 g/mol. The number of thioether (sulfide) groups is 1. The summed E-state index contributed by atoms with van der Waals surface area (Å²) < 4.78 is 40.9. The zero-order valence-electron chi connectivity index (χ0n) is 16.5. The number of amides is 2. The number of hydrogen-bond acceptors (Lipinski definition) is 5. The van der Waals surface area contributed by atoms with Crippen molar-refractivity contribution in [2.45, 2.75) is 27.5 Å². The molecule has 162 valence electrons. The molecule has 0 spiro atoms. The molecule has 2 aromatic rings. The molecule has 31 heavy (non-hydrogen) atoms. The Morgan fingerprint density at radius 2 is 1.68 bits per heavy atom. The maximum atomic E-state index is 14.1. The van der Waals surface area contributed by atoms with Gasteiger partial charge in [-0.05, 0) is 30.7 Å². The predicted octanol–water partition coefficient (Wildman–Crippen LogP) is 2.29. The molecule has 1 atom stereocenters. The van der Waals surface area contributed by atoms with Crippen LogP contribution >= 0.6 is 11.8 Å². The number of para-hydroxylation sites is 1. The Labute approximate surface area is 183 Å².